The molecule has 0 saturated heterocycles. The number of carbonyl (C=O) groups is 1. The lowest BCUT2D eigenvalue weighted by Gasteiger charge is -2.25. The molecule has 9 heteroatoms. The third-order valence-electron chi connectivity index (χ3n) is 7.03. The first kappa shape index (κ1) is 19.9. The fourth-order valence-electron chi connectivity index (χ4n) is 5.33. The Morgan fingerprint density at radius 3 is 2.81 bits per heavy atom. The average Bonchev–Trinajstić information content (AvgIpc) is 3.11. The summed E-state index contributed by atoms with van der Waals surface area (Å²) in [5.74, 6) is -0.495. The third kappa shape index (κ3) is 2.41. The predicted octanol–water partition coefficient (Wildman–Crippen LogP) is 2.94. The zero-order valence-electron chi connectivity index (χ0n) is 17.3. The van der Waals surface area contributed by atoms with Gasteiger partial charge in [0.15, 0.2) is 5.60 Å². The van der Waals surface area contributed by atoms with Crippen LogP contribution in [0.3, 0.4) is 0 Å². The van der Waals surface area contributed by atoms with E-state index in [1.807, 2.05) is 0 Å². The van der Waals surface area contributed by atoms with Gasteiger partial charge in [-0.25, -0.2) is 9.37 Å². The number of carbonyl (C=O) groups excluding carboxylic acids is 1. The Hall–Kier alpha value is -2.75. The lowest BCUT2D eigenvalue weighted by molar-refractivity contribution is -0.129. The summed E-state index contributed by atoms with van der Waals surface area (Å²) in [4.78, 5) is 30.8. The molecule has 1 aromatic carbocycles. The number of aliphatic hydroxyl groups is 1. The normalized spacial score (nSPS) is 21.3. The zero-order chi connectivity index (χ0) is 22.4. The number of pyridine rings is 2. The first-order valence-electron chi connectivity index (χ1n) is 10.6. The van der Waals surface area contributed by atoms with Gasteiger partial charge in [0.1, 0.15) is 5.82 Å². The van der Waals surface area contributed by atoms with Crippen molar-refractivity contribution < 1.29 is 18.5 Å². The Morgan fingerprint density at radius 1 is 1.25 bits per heavy atom. The largest absolute Gasteiger partial charge is 0.396 e. The highest BCUT2D eigenvalue weighted by Gasteiger charge is 2.43. The van der Waals surface area contributed by atoms with Crippen LogP contribution in [0.2, 0.25) is 0 Å². The Labute approximate surface area is 186 Å². The van der Waals surface area contributed by atoms with E-state index in [0.29, 0.717) is 41.9 Å². The molecular formula is C23H20FN3O4S. The van der Waals surface area contributed by atoms with Crippen molar-refractivity contribution in [1.82, 2.24) is 9.55 Å². The molecule has 3 N–H and O–H groups in total. The number of nitrogens with zero attached hydrogens (tertiary/aromatic N) is 2. The summed E-state index contributed by atoms with van der Waals surface area (Å²) in [7, 11) is 0. The number of rotatable bonds is 1. The molecule has 6 rings (SSSR count). The number of anilines is 1. The minimum atomic E-state index is -1.83. The lowest BCUT2D eigenvalue weighted by atomic mass is 9.85. The van der Waals surface area contributed by atoms with Crippen LogP contribution < -0.4 is 11.3 Å². The van der Waals surface area contributed by atoms with E-state index in [0.717, 1.165) is 34.9 Å². The second-order valence-electron chi connectivity index (χ2n) is 8.58. The van der Waals surface area contributed by atoms with Crippen LogP contribution in [0.4, 0.5) is 10.1 Å². The Morgan fingerprint density at radius 2 is 2.03 bits per heavy atom. The summed E-state index contributed by atoms with van der Waals surface area (Å²) in [6, 6.07) is 3.03. The molecule has 2 aliphatic heterocycles. The maximum absolute atomic E-state index is 14.5. The molecule has 0 bridgehead atoms. The Kier molecular flexibility index (Phi) is 4.12. The van der Waals surface area contributed by atoms with Crippen LogP contribution >= 0.6 is 12.0 Å². The topological polar surface area (TPSA) is 107 Å². The lowest BCUT2D eigenvalue weighted by Crippen LogP contribution is -2.36. The van der Waals surface area contributed by atoms with E-state index >= 15 is 0 Å². The molecule has 0 fully saturated rings. The minimum Gasteiger partial charge on any atom is -0.396 e. The van der Waals surface area contributed by atoms with Gasteiger partial charge in [0.05, 0.1) is 53.3 Å². The van der Waals surface area contributed by atoms with Crippen molar-refractivity contribution >= 4 is 33.7 Å². The number of halogens is 1. The molecule has 7 nitrogen and oxygen atoms in total. The smallest absolute Gasteiger partial charge is 0.257 e. The van der Waals surface area contributed by atoms with Gasteiger partial charge in [-0.05, 0) is 42.9 Å². The van der Waals surface area contributed by atoms with Crippen LogP contribution in [0.1, 0.15) is 47.6 Å². The first-order chi connectivity index (χ1) is 15.3. The van der Waals surface area contributed by atoms with Crippen LogP contribution in [0.15, 0.2) is 16.9 Å². The van der Waals surface area contributed by atoms with Crippen molar-refractivity contribution in [2.45, 2.75) is 51.4 Å². The van der Waals surface area contributed by atoms with Crippen molar-refractivity contribution in [1.29, 1.82) is 0 Å². The maximum Gasteiger partial charge on any atom is 0.257 e. The van der Waals surface area contributed by atoms with Gasteiger partial charge in [0, 0.05) is 22.6 Å². The van der Waals surface area contributed by atoms with E-state index in [4.69, 9.17) is 14.9 Å². The molecule has 1 atom stereocenters. The highest BCUT2D eigenvalue weighted by molar-refractivity contribution is 8.09. The van der Waals surface area contributed by atoms with E-state index in [-0.39, 0.29) is 35.4 Å². The zero-order valence-corrected chi connectivity index (χ0v) is 18.1. The number of hydrogen-bond donors (Lipinski definition) is 2. The molecule has 0 unspecified atom stereocenters. The SMILES string of the molecule is CC[C@@]1(O)C(=O)SOCc2c1cc1n(c2=O)Cc2c-1nc1cc(F)c(N)c3c1c2CCC3. The highest BCUT2D eigenvalue weighted by Crippen LogP contribution is 2.44. The first-order valence-corrected chi connectivity index (χ1v) is 11.4. The summed E-state index contributed by atoms with van der Waals surface area (Å²) >= 11 is 0.573. The fraction of sp³-hybridized carbons (Fsp3) is 0.348. The molecule has 0 radical (unpaired) electrons. The quantitative estimate of drug-likeness (QED) is 0.337. The molecule has 2 aromatic heterocycles. The van der Waals surface area contributed by atoms with Gasteiger partial charge in [0.2, 0.25) is 0 Å². The van der Waals surface area contributed by atoms with Crippen molar-refractivity contribution in [2.75, 3.05) is 5.73 Å². The summed E-state index contributed by atoms with van der Waals surface area (Å²) in [5, 5.41) is 11.5. The van der Waals surface area contributed by atoms with Crippen LogP contribution in [0, 0.1) is 5.82 Å². The second-order valence-corrected chi connectivity index (χ2v) is 9.35. The highest BCUT2D eigenvalue weighted by atomic mass is 32.2. The van der Waals surface area contributed by atoms with Gasteiger partial charge in [-0.15, -0.1) is 0 Å². The molecule has 32 heavy (non-hydrogen) atoms. The molecule has 0 amide bonds. The van der Waals surface area contributed by atoms with Gasteiger partial charge in [-0.3, -0.25) is 9.59 Å². The Balaban J connectivity index is 1.68. The number of aromatic nitrogens is 2. The standard InChI is InChI=1S/C23H20FN3O4S/c1-2-23(30)14-6-17-20-12(8-27(17)21(28)13(14)9-31-32-22(23)29)10-4-3-5-11-18(10)16(26-20)7-15(24)19(11)25/h6-7,30H,2-5,8-9,25H2,1H3/t23-/m0/s1. The molecule has 1 aliphatic carbocycles. The van der Waals surface area contributed by atoms with Gasteiger partial charge >= 0.3 is 0 Å². The van der Waals surface area contributed by atoms with E-state index in [1.165, 1.54) is 6.07 Å². The van der Waals surface area contributed by atoms with Crippen LogP contribution in [0.25, 0.3) is 22.3 Å². The number of benzene rings is 1. The maximum atomic E-state index is 14.5. The van der Waals surface area contributed by atoms with E-state index in [2.05, 4.69) is 0 Å². The Bertz CT molecular complexity index is 1430. The number of hydrogen-bond acceptors (Lipinski definition) is 7. The van der Waals surface area contributed by atoms with Gasteiger partial charge in [-0.2, -0.15) is 0 Å². The van der Waals surface area contributed by atoms with Crippen molar-refractivity contribution in [3.8, 4) is 11.4 Å². The predicted molar refractivity (Wildman–Crippen MR) is 119 cm³/mol. The van der Waals surface area contributed by atoms with E-state index in [9.17, 15) is 19.1 Å². The van der Waals surface area contributed by atoms with Gasteiger partial charge in [-0.1, -0.05) is 6.92 Å². The molecular weight excluding hydrogens is 433 g/mol. The number of nitrogens with two attached hydrogens (primary N) is 1. The molecule has 3 aliphatic rings. The summed E-state index contributed by atoms with van der Waals surface area (Å²) in [5.41, 5.74) is 8.99. The number of nitrogen functional groups attached to an aromatic ring is 1. The molecule has 4 heterocycles. The van der Waals surface area contributed by atoms with Crippen molar-refractivity contribution in [3.63, 3.8) is 0 Å². The third-order valence-corrected chi connectivity index (χ3v) is 7.76. The van der Waals surface area contributed by atoms with E-state index in [1.54, 1.807) is 17.6 Å². The van der Waals surface area contributed by atoms with Gasteiger partial charge in [0.25, 0.3) is 10.7 Å². The second kappa shape index (κ2) is 6.63. The molecule has 0 spiro atoms. The monoisotopic (exact) mass is 453 g/mol. The number of fused-ring (bicyclic) bond motifs is 5. The number of aryl methyl sites for hydroxylation is 2. The minimum absolute atomic E-state index is 0.0718. The van der Waals surface area contributed by atoms with Crippen LogP contribution in [-0.2, 0) is 40.6 Å². The average molecular weight is 453 g/mol. The van der Waals surface area contributed by atoms with Gasteiger partial charge < -0.3 is 19.6 Å². The summed E-state index contributed by atoms with van der Waals surface area (Å²) in [6.07, 6.45) is 2.42. The summed E-state index contributed by atoms with van der Waals surface area (Å²) < 4.78 is 21.5. The van der Waals surface area contributed by atoms with Crippen molar-refractivity contribution in [2.24, 2.45) is 0 Å². The molecule has 164 valence electrons. The summed E-state index contributed by atoms with van der Waals surface area (Å²) in [6.45, 7) is 1.95. The fourth-order valence-corrected chi connectivity index (χ4v) is 6.01. The van der Waals surface area contributed by atoms with Crippen LogP contribution in [0.5, 0.6) is 0 Å². The molecule has 3 aromatic rings. The van der Waals surface area contributed by atoms with Crippen molar-refractivity contribution in [3.05, 3.63) is 56.1 Å². The van der Waals surface area contributed by atoms with E-state index < -0.39 is 16.5 Å². The molecule has 0 saturated carbocycles. The van der Waals surface area contributed by atoms with Crippen LogP contribution in [-0.4, -0.2) is 19.8 Å².